The van der Waals surface area contributed by atoms with Gasteiger partial charge in [0.15, 0.2) is 11.6 Å². The Morgan fingerprint density at radius 3 is 2.72 bits per heavy atom. The molecule has 0 aliphatic heterocycles. The molecule has 1 heterocycles. The highest BCUT2D eigenvalue weighted by molar-refractivity contribution is 5.34. The molecule has 2 rings (SSSR count). The van der Waals surface area contributed by atoms with E-state index < -0.39 is 11.6 Å². The largest absolute Gasteiger partial charge is 0.484 e. The van der Waals surface area contributed by atoms with Gasteiger partial charge in [-0.3, -0.25) is 0 Å². The van der Waals surface area contributed by atoms with Crippen molar-refractivity contribution in [3.8, 4) is 5.75 Å². The molecule has 1 aromatic carbocycles. The van der Waals surface area contributed by atoms with Gasteiger partial charge in [0.1, 0.15) is 12.4 Å². The highest BCUT2D eigenvalue weighted by atomic mass is 19.2. The molecule has 2 aromatic rings. The van der Waals surface area contributed by atoms with Gasteiger partial charge in [-0.05, 0) is 24.3 Å². The molecule has 0 radical (unpaired) electrons. The summed E-state index contributed by atoms with van der Waals surface area (Å²) < 4.78 is 31.5. The maximum Gasteiger partial charge on any atom is 0.200 e. The standard InChI is InChI=1S/C13H12F2N2O/c1-16-12-7-2-4-9(17-12)8-18-11-6-3-5-10(14)13(11)15/h2-7H,8H2,1H3,(H,16,17). The number of ether oxygens (including phenoxy) is 1. The minimum atomic E-state index is -0.984. The van der Waals surface area contributed by atoms with Gasteiger partial charge in [0.2, 0.25) is 5.82 Å². The van der Waals surface area contributed by atoms with E-state index in [1.807, 2.05) is 0 Å². The molecule has 94 valence electrons. The van der Waals surface area contributed by atoms with Crippen molar-refractivity contribution in [2.75, 3.05) is 12.4 Å². The topological polar surface area (TPSA) is 34.1 Å². The SMILES string of the molecule is CNc1cccc(COc2cccc(F)c2F)n1. The van der Waals surface area contributed by atoms with Crippen molar-refractivity contribution < 1.29 is 13.5 Å². The lowest BCUT2D eigenvalue weighted by molar-refractivity contribution is 0.280. The van der Waals surface area contributed by atoms with E-state index in [0.717, 1.165) is 6.07 Å². The number of pyridine rings is 1. The van der Waals surface area contributed by atoms with Crippen LogP contribution in [0.15, 0.2) is 36.4 Å². The Kier molecular flexibility index (Phi) is 3.72. The Morgan fingerprint density at radius 2 is 1.94 bits per heavy atom. The molecule has 0 aliphatic rings. The molecular weight excluding hydrogens is 238 g/mol. The van der Waals surface area contributed by atoms with Crippen molar-refractivity contribution in [2.45, 2.75) is 6.61 Å². The van der Waals surface area contributed by atoms with E-state index in [4.69, 9.17) is 4.74 Å². The molecule has 18 heavy (non-hydrogen) atoms. The first-order valence-corrected chi connectivity index (χ1v) is 5.41. The average molecular weight is 250 g/mol. The fourth-order valence-corrected chi connectivity index (χ4v) is 1.45. The number of nitrogens with zero attached hydrogens (tertiary/aromatic N) is 1. The van der Waals surface area contributed by atoms with Crippen LogP contribution in [0.4, 0.5) is 14.6 Å². The second-order valence-corrected chi connectivity index (χ2v) is 3.60. The fourth-order valence-electron chi connectivity index (χ4n) is 1.45. The monoisotopic (exact) mass is 250 g/mol. The van der Waals surface area contributed by atoms with Crippen LogP contribution in [0.3, 0.4) is 0 Å². The molecule has 0 aliphatic carbocycles. The first kappa shape index (κ1) is 12.3. The Bertz CT molecular complexity index is 546. The lowest BCUT2D eigenvalue weighted by atomic mass is 10.3. The smallest absolute Gasteiger partial charge is 0.200 e. The molecule has 0 saturated carbocycles. The van der Waals surface area contributed by atoms with E-state index >= 15 is 0 Å². The molecule has 5 heteroatoms. The highest BCUT2D eigenvalue weighted by Crippen LogP contribution is 2.20. The van der Waals surface area contributed by atoms with Crippen LogP contribution < -0.4 is 10.1 Å². The zero-order valence-electron chi connectivity index (χ0n) is 9.78. The van der Waals surface area contributed by atoms with Gasteiger partial charge in [-0.25, -0.2) is 9.37 Å². The van der Waals surface area contributed by atoms with E-state index in [9.17, 15) is 8.78 Å². The third-order valence-corrected chi connectivity index (χ3v) is 2.35. The van der Waals surface area contributed by atoms with Crippen LogP contribution in [0.2, 0.25) is 0 Å². The minimum absolute atomic E-state index is 0.0793. The number of rotatable bonds is 4. The lowest BCUT2D eigenvalue weighted by Crippen LogP contribution is -2.02. The molecule has 0 spiro atoms. The molecule has 3 nitrogen and oxygen atoms in total. The number of anilines is 1. The number of halogens is 2. The Labute approximate surface area is 103 Å². The first-order chi connectivity index (χ1) is 8.70. The minimum Gasteiger partial charge on any atom is -0.484 e. The zero-order chi connectivity index (χ0) is 13.0. The van der Waals surface area contributed by atoms with E-state index in [1.165, 1.54) is 12.1 Å². The molecule has 1 N–H and O–H groups in total. The summed E-state index contributed by atoms with van der Waals surface area (Å²) in [4.78, 5) is 4.21. The van der Waals surface area contributed by atoms with Crippen molar-refractivity contribution in [2.24, 2.45) is 0 Å². The summed E-state index contributed by atoms with van der Waals surface area (Å²) in [7, 11) is 1.75. The number of nitrogens with one attached hydrogen (secondary N) is 1. The molecule has 0 saturated heterocycles. The van der Waals surface area contributed by atoms with Crippen LogP contribution in [-0.2, 0) is 6.61 Å². The van der Waals surface area contributed by atoms with Gasteiger partial charge in [0.05, 0.1) is 5.69 Å². The predicted molar refractivity (Wildman–Crippen MR) is 64.5 cm³/mol. The van der Waals surface area contributed by atoms with E-state index in [-0.39, 0.29) is 12.4 Å². The summed E-state index contributed by atoms with van der Waals surface area (Å²) in [6, 6.07) is 9.16. The number of hydrogen-bond donors (Lipinski definition) is 1. The Balaban J connectivity index is 2.09. The molecule has 0 bridgehead atoms. The third-order valence-electron chi connectivity index (χ3n) is 2.35. The number of aromatic nitrogens is 1. The van der Waals surface area contributed by atoms with Gasteiger partial charge in [-0.15, -0.1) is 0 Å². The second-order valence-electron chi connectivity index (χ2n) is 3.60. The highest BCUT2D eigenvalue weighted by Gasteiger charge is 2.08. The van der Waals surface area contributed by atoms with E-state index in [0.29, 0.717) is 11.5 Å². The van der Waals surface area contributed by atoms with Crippen molar-refractivity contribution in [1.29, 1.82) is 0 Å². The fraction of sp³-hybridized carbons (Fsp3) is 0.154. The maximum atomic E-state index is 13.3. The van der Waals surface area contributed by atoms with E-state index in [2.05, 4.69) is 10.3 Å². The van der Waals surface area contributed by atoms with Crippen molar-refractivity contribution >= 4 is 5.82 Å². The molecule has 0 amide bonds. The van der Waals surface area contributed by atoms with Gasteiger partial charge >= 0.3 is 0 Å². The van der Waals surface area contributed by atoms with Crippen molar-refractivity contribution in [3.63, 3.8) is 0 Å². The molecule has 1 aromatic heterocycles. The molecule has 0 fully saturated rings. The summed E-state index contributed by atoms with van der Waals surface area (Å²) in [5.74, 6) is -1.34. The van der Waals surface area contributed by atoms with Gasteiger partial charge < -0.3 is 10.1 Å². The van der Waals surface area contributed by atoms with Crippen LogP contribution in [0.25, 0.3) is 0 Å². The van der Waals surface area contributed by atoms with E-state index in [1.54, 1.807) is 25.2 Å². The second kappa shape index (κ2) is 5.44. The Morgan fingerprint density at radius 1 is 1.17 bits per heavy atom. The summed E-state index contributed by atoms with van der Waals surface area (Å²) in [6.45, 7) is 0.0793. The quantitative estimate of drug-likeness (QED) is 0.905. The molecular formula is C13H12F2N2O. The van der Waals surface area contributed by atoms with Crippen LogP contribution in [-0.4, -0.2) is 12.0 Å². The summed E-state index contributed by atoms with van der Waals surface area (Å²) in [6.07, 6.45) is 0. The van der Waals surface area contributed by atoms with Crippen LogP contribution in [0, 0.1) is 11.6 Å². The predicted octanol–water partition coefficient (Wildman–Crippen LogP) is 2.98. The van der Waals surface area contributed by atoms with Gasteiger partial charge in [0, 0.05) is 7.05 Å². The van der Waals surface area contributed by atoms with Gasteiger partial charge in [-0.2, -0.15) is 4.39 Å². The van der Waals surface area contributed by atoms with Crippen molar-refractivity contribution in [1.82, 2.24) is 4.98 Å². The summed E-state index contributed by atoms with van der Waals surface area (Å²) in [5, 5.41) is 2.89. The summed E-state index contributed by atoms with van der Waals surface area (Å²) >= 11 is 0. The molecule has 0 atom stereocenters. The van der Waals surface area contributed by atoms with Gasteiger partial charge in [-0.1, -0.05) is 12.1 Å². The summed E-state index contributed by atoms with van der Waals surface area (Å²) in [5.41, 5.74) is 0.630. The van der Waals surface area contributed by atoms with Crippen LogP contribution >= 0.6 is 0 Å². The molecule has 0 unspecified atom stereocenters. The Hall–Kier alpha value is -2.17. The van der Waals surface area contributed by atoms with Gasteiger partial charge in [0.25, 0.3) is 0 Å². The number of benzene rings is 1. The lowest BCUT2D eigenvalue weighted by Gasteiger charge is -2.08. The van der Waals surface area contributed by atoms with Crippen LogP contribution in [0.5, 0.6) is 5.75 Å². The zero-order valence-corrected chi connectivity index (χ0v) is 9.78. The average Bonchev–Trinajstić information content (AvgIpc) is 2.41. The maximum absolute atomic E-state index is 13.3. The third kappa shape index (κ3) is 2.74. The number of hydrogen-bond acceptors (Lipinski definition) is 3. The first-order valence-electron chi connectivity index (χ1n) is 5.41. The van der Waals surface area contributed by atoms with Crippen molar-refractivity contribution in [3.05, 3.63) is 53.7 Å². The van der Waals surface area contributed by atoms with Crippen LogP contribution in [0.1, 0.15) is 5.69 Å². The normalized spacial score (nSPS) is 10.2.